The number of methoxy groups -OCH3 is 1. The van der Waals surface area contributed by atoms with Crippen molar-refractivity contribution >= 4 is 15.9 Å². The van der Waals surface area contributed by atoms with Gasteiger partial charge in [0, 0.05) is 24.2 Å². The molecule has 1 atom stereocenters. The van der Waals surface area contributed by atoms with Gasteiger partial charge in [-0.25, -0.2) is 0 Å². The average Bonchev–Trinajstić information content (AvgIpc) is 2.49. The van der Waals surface area contributed by atoms with Crippen molar-refractivity contribution in [2.45, 2.75) is 32.5 Å². The number of hydrogen-bond acceptors (Lipinski definition) is 2. The van der Waals surface area contributed by atoms with Crippen molar-refractivity contribution < 1.29 is 4.74 Å². The maximum atomic E-state index is 5.25. The van der Waals surface area contributed by atoms with Gasteiger partial charge >= 0.3 is 0 Å². The second-order valence-corrected chi connectivity index (χ2v) is 6.23. The highest BCUT2D eigenvalue weighted by molar-refractivity contribution is 9.10. The van der Waals surface area contributed by atoms with Crippen molar-refractivity contribution in [3.8, 4) is 0 Å². The molecule has 3 heteroatoms. The van der Waals surface area contributed by atoms with Gasteiger partial charge in [0.1, 0.15) is 0 Å². The molecule has 0 aliphatic carbocycles. The molecule has 2 aromatic rings. The van der Waals surface area contributed by atoms with E-state index in [4.69, 9.17) is 4.74 Å². The van der Waals surface area contributed by atoms with Crippen LogP contribution >= 0.6 is 15.9 Å². The third-order valence-corrected chi connectivity index (χ3v) is 4.04. The summed E-state index contributed by atoms with van der Waals surface area (Å²) in [6, 6.07) is 17.4. The lowest BCUT2D eigenvalue weighted by molar-refractivity contribution is 0.184. The lowest BCUT2D eigenvalue weighted by Gasteiger charge is -2.16. The van der Waals surface area contributed by atoms with E-state index < -0.39 is 0 Å². The number of rotatable bonds is 7. The van der Waals surface area contributed by atoms with E-state index in [1.807, 2.05) is 0 Å². The van der Waals surface area contributed by atoms with Crippen molar-refractivity contribution in [3.05, 3.63) is 69.7 Å². The molecule has 0 bridgehead atoms. The number of ether oxygens (including phenoxy) is 1. The Morgan fingerprint density at radius 3 is 2.38 bits per heavy atom. The van der Waals surface area contributed by atoms with E-state index in [2.05, 4.69) is 76.7 Å². The van der Waals surface area contributed by atoms with Crippen molar-refractivity contribution in [1.29, 1.82) is 0 Å². The zero-order valence-electron chi connectivity index (χ0n) is 12.6. The maximum Gasteiger partial charge on any atom is 0.0716 e. The van der Waals surface area contributed by atoms with Gasteiger partial charge < -0.3 is 10.1 Å². The predicted octanol–water partition coefficient (Wildman–Crippen LogP) is 4.32. The van der Waals surface area contributed by atoms with Crippen molar-refractivity contribution in [2.24, 2.45) is 0 Å². The highest BCUT2D eigenvalue weighted by Gasteiger charge is 2.06. The number of hydrogen-bond donors (Lipinski definition) is 1. The lowest BCUT2D eigenvalue weighted by atomic mass is 10.1. The van der Waals surface area contributed by atoms with Gasteiger partial charge in [0.05, 0.1) is 6.61 Å². The summed E-state index contributed by atoms with van der Waals surface area (Å²) in [4.78, 5) is 0. The van der Waals surface area contributed by atoms with Gasteiger partial charge in [-0.1, -0.05) is 52.3 Å². The van der Waals surface area contributed by atoms with Gasteiger partial charge in [-0.15, -0.1) is 0 Å². The second-order valence-electron chi connectivity index (χ2n) is 5.31. The third-order valence-electron chi connectivity index (χ3n) is 3.51. The first-order valence-electron chi connectivity index (χ1n) is 7.22. The summed E-state index contributed by atoms with van der Waals surface area (Å²) in [7, 11) is 1.74. The van der Waals surface area contributed by atoms with Gasteiger partial charge in [0.25, 0.3) is 0 Å². The summed E-state index contributed by atoms with van der Waals surface area (Å²) in [6.45, 7) is 3.76. The Morgan fingerprint density at radius 1 is 1.05 bits per heavy atom. The Hall–Kier alpha value is -1.16. The maximum absolute atomic E-state index is 5.25. The molecular weight excluding hydrogens is 326 g/mol. The molecule has 2 rings (SSSR count). The molecule has 0 radical (unpaired) electrons. The number of halogens is 1. The molecule has 112 valence electrons. The first kappa shape index (κ1) is 16.2. The van der Waals surface area contributed by atoms with E-state index in [0.717, 1.165) is 17.4 Å². The standard InChI is InChI=1S/C18H22BrNO/c1-14(11-15-7-9-18(19)10-8-15)20-12-16-5-3-4-6-17(16)13-21-2/h3-10,14,20H,11-13H2,1-2H3. The summed E-state index contributed by atoms with van der Waals surface area (Å²) in [5.74, 6) is 0. The topological polar surface area (TPSA) is 21.3 Å². The van der Waals surface area contributed by atoms with E-state index in [9.17, 15) is 0 Å². The molecule has 0 spiro atoms. The summed E-state index contributed by atoms with van der Waals surface area (Å²) < 4.78 is 6.38. The van der Waals surface area contributed by atoms with E-state index in [0.29, 0.717) is 12.6 Å². The van der Waals surface area contributed by atoms with Crippen LogP contribution in [0.5, 0.6) is 0 Å². The van der Waals surface area contributed by atoms with Crippen LogP contribution in [0.2, 0.25) is 0 Å². The van der Waals surface area contributed by atoms with E-state index in [1.165, 1.54) is 16.7 Å². The fraction of sp³-hybridized carbons (Fsp3) is 0.333. The van der Waals surface area contributed by atoms with Gasteiger partial charge in [-0.3, -0.25) is 0 Å². The molecule has 21 heavy (non-hydrogen) atoms. The number of nitrogens with one attached hydrogen (secondary N) is 1. The van der Waals surface area contributed by atoms with Crippen molar-refractivity contribution in [1.82, 2.24) is 5.32 Å². The van der Waals surface area contributed by atoms with E-state index >= 15 is 0 Å². The molecule has 0 saturated heterocycles. The van der Waals surface area contributed by atoms with Crippen LogP contribution in [0.1, 0.15) is 23.6 Å². The van der Waals surface area contributed by atoms with E-state index in [1.54, 1.807) is 7.11 Å². The Balaban J connectivity index is 1.89. The summed E-state index contributed by atoms with van der Waals surface area (Å²) in [5, 5.41) is 3.59. The first-order valence-corrected chi connectivity index (χ1v) is 8.02. The molecule has 1 unspecified atom stereocenters. The SMILES string of the molecule is COCc1ccccc1CNC(C)Cc1ccc(Br)cc1. The predicted molar refractivity (Wildman–Crippen MR) is 91.3 cm³/mol. The molecule has 0 fully saturated rings. The molecular formula is C18H22BrNO. The molecule has 0 aliphatic rings. The molecule has 0 heterocycles. The van der Waals surface area contributed by atoms with Crippen LogP contribution < -0.4 is 5.32 Å². The van der Waals surface area contributed by atoms with Crippen LogP contribution in [0.4, 0.5) is 0 Å². The summed E-state index contributed by atoms with van der Waals surface area (Å²) in [6.07, 6.45) is 1.03. The third kappa shape index (κ3) is 5.27. The molecule has 1 N–H and O–H groups in total. The molecule has 0 aliphatic heterocycles. The fourth-order valence-corrected chi connectivity index (χ4v) is 2.62. The summed E-state index contributed by atoms with van der Waals surface area (Å²) >= 11 is 3.47. The minimum Gasteiger partial charge on any atom is -0.380 e. The highest BCUT2D eigenvalue weighted by atomic mass is 79.9. The van der Waals surface area contributed by atoms with Crippen LogP contribution in [0.15, 0.2) is 53.0 Å². The Bertz CT molecular complexity index is 553. The Morgan fingerprint density at radius 2 is 1.71 bits per heavy atom. The Kier molecular flexibility index (Phi) is 6.43. The molecule has 0 amide bonds. The average molecular weight is 348 g/mol. The van der Waals surface area contributed by atoms with Crippen LogP contribution in [0, 0.1) is 0 Å². The van der Waals surface area contributed by atoms with Crippen LogP contribution in [-0.2, 0) is 24.3 Å². The van der Waals surface area contributed by atoms with E-state index in [-0.39, 0.29) is 0 Å². The normalized spacial score (nSPS) is 12.3. The fourth-order valence-electron chi connectivity index (χ4n) is 2.36. The van der Waals surface area contributed by atoms with Gasteiger partial charge in [0.15, 0.2) is 0 Å². The second kappa shape index (κ2) is 8.32. The molecule has 0 saturated carbocycles. The minimum absolute atomic E-state index is 0.432. The quantitative estimate of drug-likeness (QED) is 0.805. The summed E-state index contributed by atoms with van der Waals surface area (Å²) in [5.41, 5.74) is 3.91. The lowest BCUT2D eigenvalue weighted by Crippen LogP contribution is -2.28. The van der Waals surface area contributed by atoms with Crippen molar-refractivity contribution in [3.63, 3.8) is 0 Å². The zero-order chi connectivity index (χ0) is 15.1. The largest absolute Gasteiger partial charge is 0.380 e. The monoisotopic (exact) mass is 347 g/mol. The zero-order valence-corrected chi connectivity index (χ0v) is 14.2. The van der Waals surface area contributed by atoms with Gasteiger partial charge in [-0.05, 0) is 42.2 Å². The molecule has 2 nitrogen and oxygen atoms in total. The van der Waals surface area contributed by atoms with Crippen molar-refractivity contribution in [2.75, 3.05) is 7.11 Å². The number of benzene rings is 2. The van der Waals surface area contributed by atoms with Crippen LogP contribution in [0.25, 0.3) is 0 Å². The molecule has 2 aromatic carbocycles. The smallest absolute Gasteiger partial charge is 0.0716 e. The van der Waals surface area contributed by atoms with Gasteiger partial charge in [-0.2, -0.15) is 0 Å². The van der Waals surface area contributed by atoms with Crippen LogP contribution in [-0.4, -0.2) is 13.2 Å². The first-order chi connectivity index (χ1) is 10.2. The van der Waals surface area contributed by atoms with Gasteiger partial charge in [0.2, 0.25) is 0 Å². The molecule has 0 aromatic heterocycles. The van der Waals surface area contributed by atoms with Crippen LogP contribution in [0.3, 0.4) is 0 Å². The Labute approximate surface area is 135 Å². The highest BCUT2D eigenvalue weighted by Crippen LogP contribution is 2.13. The minimum atomic E-state index is 0.432.